The third-order valence-corrected chi connectivity index (χ3v) is 3.14. The largest absolute Gasteiger partial charge is 0.330 e. The zero-order chi connectivity index (χ0) is 10.6. The Kier molecular flexibility index (Phi) is 4.55. The van der Waals surface area contributed by atoms with Crippen LogP contribution in [0, 0.1) is 12.7 Å². The van der Waals surface area contributed by atoms with Crippen LogP contribution in [-0.2, 0) is 6.42 Å². The van der Waals surface area contributed by atoms with E-state index in [1.165, 1.54) is 6.07 Å². The van der Waals surface area contributed by atoms with Gasteiger partial charge >= 0.3 is 0 Å². The standard InChI is InChI=1S/C11H15BrFN/c1-8-9(4-2-3-5-14)6-10(13)7-11(8)12/h6-7H,2-5,14H2,1H3. The number of unbranched alkanes of at least 4 members (excludes halogenated alkanes) is 1. The number of aryl methyl sites for hydroxylation is 1. The molecular weight excluding hydrogens is 245 g/mol. The molecule has 0 saturated carbocycles. The molecule has 0 aliphatic heterocycles. The summed E-state index contributed by atoms with van der Waals surface area (Å²) in [7, 11) is 0. The lowest BCUT2D eigenvalue weighted by Crippen LogP contribution is -2.00. The summed E-state index contributed by atoms with van der Waals surface area (Å²) in [4.78, 5) is 0. The summed E-state index contributed by atoms with van der Waals surface area (Å²) in [6, 6.07) is 3.11. The molecule has 1 rings (SSSR count). The summed E-state index contributed by atoms with van der Waals surface area (Å²) in [6.45, 7) is 2.71. The molecule has 3 heteroatoms. The van der Waals surface area contributed by atoms with Gasteiger partial charge in [0.15, 0.2) is 0 Å². The van der Waals surface area contributed by atoms with Crippen LogP contribution in [0.1, 0.15) is 24.0 Å². The molecule has 78 valence electrons. The molecule has 1 aromatic rings. The highest BCUT2D eigenvalue weighted by Gasteiger charge is 2.04. The molecule has 0 aliphatic carbocycles. The van der Waals surface area contributed by atoms with Crippen molar-refractivity contribution in [1.29, 1.82) is 0 Å². The quantitative estimate of drug-likeness (QED) is 0.827. The lowest BCUT2D eigenvalue weighted by Gasteiger charge is -2.07. The average molecular weight is 260 g/mol. The smallest absolute Gasteiger partial charge is 0.124 e. The fraction of sp³-hybridized carbons (Fsp3) is 0.455. The van der Waals surface area contributed by atoms with Crippen LogP contribution in [0.5, 0.6) is 0 Å². The van der Waals surface area contributed by atoms with Crippen LogP contribution in [0.2, 0.25) is 0 Å². The van der Waals surface area contributed by atoms with E-state index in [-0.39, 0.29) is 5.82 Å². The number of benzene rings is 1. The summed E-state index contributed by atoms with van der Waals surface area (Å²) in [5.41, 5.74) is 7.61. The molecule has 0 saturated heterocycles. The van der Waals surface area contributed by atoms with E-state index in [9.17, 15) is 4.39 Å². The van der Waals surface area contributed by atoms with Gasteiger partial charge in [0.25, 0.3) is 0 Å². The first-order valence-corrected chi connectivity index (χ1v) is 5.59. The summed E-state index contributed by atoms with van der Waals surface area (Å²) in [5, 5.41) is 0. The van der Waals surface area contributed by atoms with Crippen molar-refractivity contribution in [2.75, 3.05) is 6.54 Å². The number of hydrogen-bond acceptors (Lipinski definition) is 1. The maximum absolute atomic E-state index is 13.1. The van der Waals surface area contributed by atoms with Gasteiger partial charge in [-0.15, -0.1) is 0 Å². The molecule has 0 amide bonds. The van der Waals surface area contributed by atoms with E-state index < -0.39 is 0 Å². The van der Waals surface area contributed by atoms with Gasteiger partial charge in [-0.25, -0.2) is 4.39 Å². The van der Waals surface area contributed by atoms with Gasteiger partial charge in [0.1, 0.15) is 5.82 Å². The van der Waals surface area contributed by atoms with Gasteiger partial charge in [-0.3, -0.25) is 0 Å². The Hall–Kier alpha value is -0.410. The molecule has 2 N–H and O–H groups in total. The fourth-order valence-corrected chi connectivity index (χ4v) is 1.89. The van der Waals surface area contributed by atoms with E-state index >= 15 is 0 Å². The van der Waals surface area contributed by atoms with Crippen molar-refractivity contribution in [1.82, 2.24) is 0 Å². The van der Waals surface area contributed by atoms with E-state index in [1.807, 2.05) is 6.92 Å². The van der Waals surface area contributed by atoms with E-state index in [0.29, 0.717) is 6.54 Å². The topological polar surface area (TPSA) is 26.0 Å². The third kappa shape index (κ3) is 3.07. The maximum Gasteiger partial charge on any atom is 0.124 e. The van der Waals surface area contributed by atoms with Crippen molar-refractivity contribution in [3.05, 3.63) is 33.5 Å². The highest BCUT2D eigenvalue weighted by atomic mass is 79.9. The molecule has 0 radical (unpaired) electrons. The highest BCUT2D eigenvalue weighted by Crippen LogP contribution is 2.22. The van der Waals surface area contributed by atoms with E-state index in [4.69, 9.17) is 5.73 Å². The Morgan fingerprint density at radius 1 is 1.36 bits per heavy atom. The SMILES string of the molecule is Cc1c(Br)cc(F)cc1CCCCN. The molecule has 1 aromatic carbocycles. The maximum atomic E-state index is 13.1. The van der Waals surface area contributed by atoms with Gasteiger partial charge in [0.2, 0.25) is 0 Å². The Balaban J connectivity index is 2.75. The second-order valence-corrected chi connectivity index (χ2v) is 4.27. The van der Waals surface area contributed by atoms with Gasteiger partial charge in [0.05, 0.1) is 0 Å². The second kappa shape index (κ2) is 5.47. The van der Waals surface area contributed by atoms with Crippen LogP contribution >= 0.6 is 15.9 Å². The van der Waals surface area contributed by atoms with Crippen LogP contribution in [0.3, 0.4) is 0 Å². The molecule has 0 aliphatic rings. The second-order valence-electron chi connectivity index (χ2n) is 3.42. The minimum Gasteiger partial charge on any atom is -0.330 e. The van der Waals surface area contributed by atoms with Gasteiger partial charge in [-0.1, -0.05) is 15.9 Å². The van der Waals surface area contributed by atoms with Gasteiger partial charge in [-0.2, -0.15) is 0 Å². The van der Waals surface area contributed by atoms with E-state index in [2.05, 4.69) is 15.9 Å². The molecule has 0 unspecified atom stereocenters. The summed E-state index contributed by atoms with van der Waals surface area (Å²) in [5.74, 6) is -0.176. The molecule has 0 heterocycles. The zero-order valence-corrected chi connectivity index (χ0v) is 9.90. The van der Waals surface area contributed by atoms with Crippen LogP contribution in [-0.4, -0.2) is 6.54 Å². The number of rotatable bonds is 4. The van der Waals surface area contributed by atoms with Gasteiger partial charge < -0.3 is 5.73 Å². The van der Waals surface area contributed by atoms with E-state index in [0.717, 1.165) is 34.9 Å². The van der Waals surface area contributed by atoms with Crippen molar-refractivity contribution in [2.24, 2.45) is 5.73 Å². The highest BCUT2D eigenvalue weighted by molar-refractivity contribution is 9.10. The summed E-state index contributed by atoms with van der Waals surface area (Å²) < 4.78 is 13.9. The average Bonchev–Trinajstić information content (AvgIpc) is 2.13. The molecule has 0 fully saturated rings. The lowest BCUT2D eigenvalue weighted by molar-refractivity contribution is 0.621. The minimum atomic E-state index is -0.176. The number of nitrogens with two attached hydrogens (primary N) is 1. The van der Waals surface area contributed by atoms with Crippen molar-refractivity contribution < 1.29 is 4.39 Å². The molecular formula is C11H15BrFN. The first-order valence-electron chi connectivity index (χ1n) is 4.79. The van der Waals surface area contributed by atoms with Gasteiger partial charge in [-0.05, 0) is 56.0 Å². The normalized spacial score (nSPS) is 10.6. The third-order valence-electron chi connectivity index (χ3n) is 2.32. The summed E-state index contributed by atoms with van der Waals surface area (Å²) in [6.07, 6.45) is 2.92. The Labute approximate surface area is 92.6 Å². The first kappa shape index (κ1) is 11.7. The molecule has 14 heavy (non-hydrogen) atoms. The fourth-order valence-electron chi connectivity index (χ4n) is 1.42. The predicted octanol–water partition coefficient (Wildman–Crippen LogP) is 3.18. The Morgan fingerprint density at radius 3 is 2.71 bits per heavy atom. The lowest BCUT2D eigenvalue weighted by atomic mass is 10.0. The molecule has 0 spiro atoms. The predicted molar refractivity (Wildman–Crippen MR) is 60.8 cm³/mol. The van der Waals surface area contributed by atoms with E-state index in [1.54, 1.807) is 6.07 Å². The van der Waals surface area contributed by atoms with Crippen LogP contribution < -0.4 is 5.73 Å². The van der Waals surface area contributed by atoms with Crippen molar-refractivity contribution in [3.8, 4) is 0 Å². The minimum absolute atomic E-state index is 0.176. The Morgan fingerprint density at radius 2 is 2.07 bits per heavy atom. The number of hydrogen-bond donors (Lipinski definition) is 1. The Bertz CT molecular complexity index is 312. The molecule has 0 atom stereocenters. The van der Waals surface area contributed by atoms with Crippen molar-refractivity contribution in [2.45, 2.75) is 26.2 Å². The van der Waals surface area contributed by atoms with Crippen molar-refractivity contribution in [3.63, 3.8) is 0 Å². The van der Waals surface area contributed by atoms with Crippen LogP contribution in [0.25, 0.3) is 0 Å². The summed E-state index contributed by atoms with van der Waals surface area (Å²) >= 11 is 3.34. The molecule has 0 bridgehead atoms. The van der Waals surface area contributed by atoms with Crippen molar-refractivity contribution >= 4 is 15.9 Å². The first-order chi connectivity index (χ1) is 6.65. The zero-order valence-electron chi connectivity index (χ0n) is 8.32. The molecule has 1 nitrogen and oxygen atoms in total. The van der Waals surface area contributed by atoms with Crippen LogP contribution in [0.15, 0.2) is 16.6 Å². The van der Waals surface area contributed by atoms with Gasteiger partial charge in [0, 0.05) is 4.47 Å². The number of halogens is 2. The van der Waals surface area contributed by atoms with Crippen LogP contribution in [0.4, 0.5) is 4.39 Å². The molecule has 0 aromatic heterocycles. The monoisotopic (exact) mass is 259 g/mol.